The van der Waals surface area contributed by atoms with Crippen molar-refractivity contribution >= 4 is 15.9 Å². The Kier molecular flexibility index (Phi) is 1.90. The third kappa shape index (κ3) is 1.29. The smallest absolute Gasteiger partial charge is 0.257 e. The van der Waals surface area contributed by atoms with E-state index in [1.54, 1.807) is 6.20 Å². The Balaban J connectivity index is 1.97. The van der Waals surface area contributed by atoms with Crippen LogP contribution in [0.25, 0.3) is 0 Å². The molecule has 4 heteroatoms. The van der Waals surface area contributed by atoms with Crippen LogP contribution >= 0.6 is 15.9 Å². The maximum absolute atomic E-state index is 5.82. The number of rotatable bonds is 0. The minimum Gasteiger partial charge on any atom is -0.481 e. The minimum atomic E-state index is 0.219. The van der Waals surface area contributed by atoms with Gasteiger partial charge in [0.05, 0.1) is 0 Å². The summed E-state index contributed by atoms with van der Waals surface area (Å²) in [5.41, 5.74) is 0. The molecule has 1 saturated carbocycles. The number of halogens is 1. The summed E-state index contributed by atoms with van der Waals surface area (Å²) in [6, 6.07) is 1.91. The molecule has 0 N–H and O–H groups in total. The molecule has 2 aliphatic rings. The molecule has 3 rings (SSSR count). The first-order valence-electron chi connectivity index (χ1n) is 4.82. The summed E-state index contributed by atoms with van der Waals surface area (Å²) < 4.78 is 12.5. The Morgan fingerprint density at radius 3 is 2.93 bits per heavy atom. The quantitative estimate of drug-likeness (QED) is 0.714. The van der Waals surface area contributed by atoms with E-state index in [-0.39, 0.29) is 12.2 Å². The molecule has 0 amide bonds. The van der Waals surface area contributed by atoms with Gasteiger partial charge in [-0.15, -0.1) is 0 Å². The normalized spacial score (nSPS) is 28.6. The fourth-order valence-electron chi connectivity index (χ4n) is 2.05. The van der Waals surface area contributed by atoms with Gasteiger partial charge in [0.1, 0.15) is 12.2 Å². The standard InChI is InChI=1S/C10H10BrNO2/c11-6-4-9-10(12-5-6)14-8-3-1-2-7(8)13-9/h4-5,7-8H,1-3H2/t7-,8+/m0/s1. The molecule has 2 heterocycles. The van der Waals surface area contributed by atoms with Gasteiger partial charge in [-0.25, -0.2) is 4.98 Å². The average molecular weight is 256 g/mol. The highest BCUT2D eigenvalue weighted by molar-refractivity contribution is 9.10. The van der Waals surface area contributed by atoms with Gasteiger partial charge in [-0.3, -0.25) is 0 Å². The molecule has 74 valence electrons. The molecule has 0 bridgehead atoms. The predicted molar refractivity (Wildman–Crippen MR) is 54.6 cm³/mol. The van der Waals surface area contributed by atoms with Gasteiger partial charge < -0.3 is 9.47 Å². The molecule has 0 aromatic carbocycles. The van der Waals surface area contributed by atoms with Crippen molar-refractivity contribution in [1.29, 1.82) is 0 Å². The van der Waals surface area contributed by atoms with Crippen molar-refractivity contribution in [3.8, 4) is 11.6 Å². The summed E-state index contributed by atoms with van der Waals surface area (Å²) in [6.07, 6.45) is 5.55. The number of ether oxygens (including phenoxy) is 2. The molecule has 1 aliphatic carbocycles. The van der Waals surface area contributed by atoms with Gasteiger partial charge in [0.2, 0.25) is 0 Å². The lowest BCUT2D eigenvalue weighted by molar-refractivity contribution is 0.0381. The van der Waals surface area contributed by atoms with Crippen LogP contribution in [0.1, 0.15) is 19.3 Å². The summed E-state index contributed by atoms with van der Waals surface area (Å²) in [6.45, 7) is 0. The van der Waals surface area contributed by atoms with Crippen LogP contribution in [0.2, 0.25) is 0 Å². The van der Waals surface area contributed by atoms with E-state index in [4.69, 9.17) is 9.47 Å². The first-order valence-corrected chi connectivity index (χ1v) is 5.61. The van der Waals surface area contributed by atoms with Crippen LogP contribution < -0.4 is 9.47 Å². The van der Waals surface area contributed by atoms with Gasteiger partial charge in [-0.2, -0.15) is 0 Å². The van der Waals surface area contributed by atoms with Crippen molar-refractivity contribution in [3.63, 3.8) is 0 Å². The van der Waals surface area contributed by atoms with Gasteiger partial charge in [0.25, 0.3) is 5.88 Å². The Morgan fingerprint density at radius 2 is 2.07 bits per heavy atom. The van der Waals surface area contributed by atoms with Crippen LogP contribution in [0, 0.1) is 0 Å². The van der Waals surface area contributed by atoms with Crippen LogP contribution in [0.3, 0.4) is 0 Å². The van der Waals surface area contributed by atoms with Crippen LogP contribution in [0.5, 0.6) is 11.6 Å². The molecule has 3 nitrogen and oxygen atoms in total. The second-order valence-corrected chi connectivity index (χ2v) is 4.62. The Hall–Kier alpha value is -0.770. The maximum atomic E-state index is 5.82. The number of hydrogen-bond donors (Lipinski definition) is 0. The summed E-state index contributed by atoms with van der Waals surface area (Å²) >= 11 is 3.36. The van der Waals surface area contributed by atoms with Crippen molar-refractivity contribution in [1.82, 2.24) is 4.98 Å². The molecule has 0 unspecified atom stereocenters. The zero-order valence-electron chi connectivity index (χ0n) is 7.57. The Morgan fingerprint density at radius 1 is 1.29 bits per heavy atom. The van der Waals surface area contributed by atoms with E-state index < -0.39 is 0 Å². The van der Waals surface area contributed by atoms with E-state index in [9.17, 15) is 0 Å². The highest BCUT2D eigenvalue weighted by Crippen LogP contribution is 2.38. The molecular formula is C10H10BrNO2. The van der Waals surface area contributed by atoms with Crippen LogP contribution in [0.4, 0.5) is 0 Å². The number of aromatic nitrogens is 1. The van der Waals surface area contributed by atoms with Crippen LogP contribution in [-0.4, -0.2) is 17.2 Å². The first-order chi connectivity index (χ1) is 6.83. The van der Waals surface area contributed by atoms with E-state index in [1.165, 1.54) is 6.42 Å². The maximum Gasteiger partial charge on any atom is 0.257 e. The topological polar surface area (TPSA) is 31.4 Å². The predicted octanol–water partition coefficient (Wildman–Crippen LogP) is 2.54. The number of fused-ring (bicyclic) bond motifs is 2. The number of pyridine rings is 1. The largest absolute Gasteiger partial charge is 0.481 e. The van der Waals surface area contributed by atoms with E-state index >= 15 is 0 Å². The third-order valence-electron chi connectivity index (χ3n) is 2.72. The minimum absolute atomic E-state index is 0.219. The van der Waals surface area contributed by atoms with Crippen molar-refractivity contribution < 1.29 is 9.47 Å². The van der Waals surface area contributed by atoms with E-state index in [1.807, 2.05) is 6.07 Å². The van der Waals surface area contributed by atoms with Crippen LogP contribution in [-0.2, 0) is 0 Å². The zero-order valence-corrected chi connectivity index (χ0v) is 9.16. The zero-order chi connectivity index (χ0) is 9.54. The molecular weight excluding hydrogens is 246 g/mol. The monoisotopic (exact) mass is 255 g/mol. The van der Waals surface area contributed by atoms with Gasteiger partial charge in [-0.1, -0.05) is 0 Å². The van der Waals surface area contributed by atoms with E-state index in [0.717, 1.165) is 23.1 Å². The second-order valence-electron chi connectivity index (χ2n) is 3.70. The lowest BCUT2D eigenvalue weighted by Crippen LogP contribution is -2.35. The van der Waals surface area contributed by atoms with Gasteiger partial charge in [-0.05, 0) is 35.2 Å². The van der Waals surface area contributed by atoms with E-state index in [0.29, 0.717) is 5.88 Å². The number of hydrogen-bond acceptors (Lipinski definition) is 3. The number of nitrogens with zero attached hydrogens (tertiary/aromatic N) is 1. The van der Waals surface area contributed by atoms with Crippen LogP contribution in [0.15, 0.2) is 16.7 Å². The highest BCUT2D eigenvalue weighted by atomic mass is 79.9. The second kappa shape index (κ2) is 3.12. The molecule has 0 radical (unpaired) electrons. The van der Waals surface area contributed by atoms with Crippen molar-refractivity contribution in [2.24, 2.45) is 0 Å². The van der Waals surface area contributed by atoms with Gasteiger partial charge in [0, 0.05) is 16.7 Å². The molecule has 1 fully saturated rings. The van der Waals surface area contributed by atoms with Gasteiger partial charge in [0.15, 0.2) is 5.75 Å². The third-order valence-corrected chi connectivity index (χ3v) is 3.15. The van der Waals surface area contributed by atoms with Crippen molar-refractivity contribution in [2.45, 2.75) is 31.5 Å². The molecule has 14 heavy (non-hydrogen) atoms. The summed E-state index contributed by atoms with van der Waals surface area (Å²) in [5, 5.41) is 0. The summed E-state index contributed by atoms with van der Waals surface area (Å²) in [5.74, 6) is 1.40. The van der Waals surface area contributed by atoms with Crippen molar-refractivity contribution in [2.75, 3.05) is 0 Å². The fraction of sp³-hybridized carbons (Fsp3) is 0.500. The summed E-state index contributed by atoms with van der Waals surface area (Å²) in [4.78, 5) is 4.19. The molecule has 1 aliphatic heterocycles. The van der Waals surface area contributed by atoms with Gasteiger partial charge >= 0.3 is 0 Å². The Labute approximate surface area is 90.6 Å². The fourth-order valence-corrected chi connectivity index (χ4v) is 2.36. The Bertz CT molecular complexity index is 369. The molecule has 0 saturated heterocycles. The molecule has 0 spiro atoms. The molecule has 1 aromatic heterocycles. The first kappa shape index (κ1) is 8.53. The average Bonchev–Trinajstić information content (AvgIpc) is 2.61. The molecule has 2 atom stereocenters. The van der Waals surface area contributed by atoms with E-state index in [2.05, 4.69) is 20.9 Å². The lowest BCUT2D eigenvalue weighted by Gasteiger charge is -2.28. The van der Waals surface area contributed by atoms with Crippen molar-refractivity contribution in [3.05, 3.63) is 16.7 Å². The summed E-state index contributed by atoms with van der Waals surface area (Å²) in [7, 11) is 0. The SMILES string of the molecule is Brc1cnc2c(c1)O[C@H]1CCC[C@H]1O2. The lowest BCUT2D eigenvalue weighted by atomic mass is 10.2. The molecule has 1 aromatic rings. The highest BCUT2D eigenvalue weighted by Gasteiger charge is 2.36.